The quantitative estimate of drug-likeness (QED) is 0.545. The normalized spacial score (nSPS) is 17.2. The first-order valence-electron chi connectivity index (χ1n) is 6.82. The van der Waals surface area contributed by atoms with E-state index in [1.54, 1.807) is 47.0 Å². The van der Waals surface area contributed by atoms with E-state index in [0.29, 0.717) is 0 Å². The minimum absolute atomic E-state index is 1.03. The summed E-state index contributed by atoms with van der Waals surface area (Å²) in [6.45, 7) is 0. The molecule has 3 aromatic rings. The number of fused-ring (bicyclic) bond motifs is 2. The van der Waals surface area contributed by atoms with E-state index in [1.807, 2.05) is 0 Å². The molecule has 0 unspecified atom stereocenters. The van der Waals surface area contributed by atoms with E-state index in [0.717, 1.165) is 11.0 Å². The SMILES string of the molecule is C1=CSC(=c2c3ccccc3c(=C3SC=CS3)c3nsnc23)S1. The molecule has 0 saturated heterocycles. The van der Waals surface area contributed by atoms with E-state index in [4.69, 9.17) is 0 Å². The Balaban J connectivity index is 2.09. The number of aromatic nitrogens is 2. The Morgan fingerprint density at radius 1 is 0.609 bits per heavy atom. The minimum atomic E-state index is 1.03. The highest BCUT2D eigenvalue weighted by atomic mass is 32.2. The van der Waals surface area contributed by atoms with Crippen LogP contribution in [0.1, 0.15) is 0 Å². The summed E-state index contributed by atoms with van der Waals surface area (Å²) in [6.07, 6.45) is 0. The van der Waals surface area contributed by atoms with Gasteiger partial charge in [-0.25, -0.2) is 0 Å². The van der Waals surface area contributed by atoms with Crippen LogP contribution in [0.4, 0.5) is 0 Å². The Morgan fingerprint density at radius 2 is 1.04 bits per heavy atom. The van der Waals surface area contributed by atoms with Crippen LogP contribution in [-0.2, 0) is 0 Å². The Labute approximate surface area is 153 Å². The molecule has 0 amide bonds. The molecule has 0 N–H and O–H groups in total. The fourth-order valence-electron chi connectivity index (χ4n) is 2.75. The highest BCUT2D eigenvalue weighted by Crippen LogP contribution is 2.40. The van der Waals surface area contributed by atoms with Crippen LogP contribution in [0, 0.1) is 0 Å². The molecule has 0 radical (unpaired) electrons. The fraction of sp³-hybridized carbons (Fsp3) is 0. The van der Waals surface area contributed by atoms with Crippen molar-refractivity contribution < 1.29 is 0 Å². The molecule has 2 aromatic carbocycles. The van der Waals surface area contributed by atoms with Gasteiger partial charge in [-0.3, -0.25) is 0 Å². The Kier molecular flexibility index (Phi) is 3.71. The summed E-state index contributed by atoms with van der Waals surface area (Å²) in [5, 5.41) is 13.5. The maximum atomic E-state index is 4.65. The van der Waals surface area contributed by atoms with Crippen LogP contribution < -0.4 is 10.4 Å². The van der Waals surface area contributed by atoms with Crippen molar-refractivity contribution in [2.75, 3.05) is 0 Å². The molecular formula is C16H8N2S5. The van der Waals surface area contributed by atoms with E-state index in [1.165, 1.54) is 41.4 Å². The molecule has 2 aliphatic heterocycles. The van der Waals surface area contributed by atoms with Crippen molar-refractivity contribution in [2.45, 2.75) is 0 Å². The standard InChI is InChI=1S/C16H8N2S5/c1-2-4-10-9(3-1)11(15-19-5-6-20-15)13-14(18-23-17-13)12(10)16-21-7-8-22-16/h1-8H. The van der Waals surface area contributed by atoms with Crippen LogP contribution in [0.25, 0.3) is 30.3 Å². The zero-order valence-corrected chi connectivity index (χ0v) is 15.6. The van der Waals surface area contributed by atoms with Gasteiger partial charge < -0.3 is 0 Å². The Bertz CT molecular complexity index is 1020. The first kappa shape index (κ1) is 14.5. The van der Waals surface area contributed by atoms with Gasteiger partial charge in [0, 0.05) is 10.4 Å². The third-order valence-electron chi connectivity index (χ3n) is 3.65. The molecule has 2 nitrogen and oxygen atoms in total. The molecule has 0 atom stereocenters. The zero-order chi connectivity index (χ0) is 15.2. The topological polar surface area (TPSA) is 25.8 Å². The molecule has 0 aliphatic carbocycles. The van der Waals surface area contributed by atoms with Crippen molar-refractivity contribution >= 4 is 89.1 Å². The Morgan fingerprint density at radius 3 is 1.48 bits per heavy atom. The van der Waals surface area contributed by atoms with Crippen LogP contribution >= 0.6 is 58.8 Å². The van der Waals surface area contributed by atoms with Crippen LogP contribution in [0.15, 0.2) is 45.9 Å². The number of nitrogens with zero attached hydrogens (tertiary/aromatic N) is 2. The first-order chi connectivity index (χ1) is 11.4. The summed E-state index contributed by atoms with van der Waals surface area (Å²) >= 11 is 8.40. The van der Waals surface area contributed by atoms with Gasteiger partial charge in [-0.05, 0) is 32.4 Å². The second-order valence-corrected chi connectivity index (χ2v) is 9.56. The molecule has 112 valence electrons. The van der Waals surface area contributed by atoms with Gasteiger partial charge >= 0.3 is 0 Å². The highest BCUT2D eigenvalue weighted by Gasteiger charge is 2.17. The lowest BCUT2D eigenvalue weighted by molar-refractivity contribution is 1.60. The second-order valence-electron chi connectivity index (χ2n) is 4.85. The smallest absolute Gasteiger partial charge is 0.115 e. The molecule has 0 bridgehead atoms. The maximum absolute atomic E-state index is 4.65. The summed E-state index contributed by atoms with van der Waals surface area (Å²) in [5.41, 5.74) is 2.06. The van der Waals surface area contributed by atoms with Gasteiger partial charge in [0.05, 0.1) is 20.2 Å². The predicted molar refractivity (Wildman–Crippen MR) is 110 cm³/mol. The lowest BCUT2D eigenvalue weighted by atomic mass is 10.1. The third kappa shape index (κ3) is 2.29. The molecule has 3 heterocycles. The van der Waals surface area contributed by atoms with Gasteiger partial charge in [0.25, 0.3) is 0 Å². The van der Waals surface area contributed by atoms with Crippen LogP contribution in [0.3, 0.4) is 0 Å². The second kappa shape index (κ2) is 5.89. The molecule has 0 fully saturated rings. The van der Waals surface area contributed by atoms with E-state index in [9.17, 15) is 0 Å². The summed E-state index contributed by atoms with van der Waals surface area (Å²) in [5.74, 6) is 0. The van der Waals surface area contributed by atoms with Crippen molar-refractivity contribution in [1.82, 2.24) is 8.75 Å². The fourth-order valence-corrected chi connectivity index (χ4v) is 7.11. The van der Waals surface area contributed by atoms with Crippen molar-refractivity contribution in [2.24, 2.45) is 0 Å². The van der Waals surface area contributed by atoms with E-state index < -0.39 is 0 Å². The third-order valence-corrected chi connectivity index (χ3v) is 8.44. The molecule has 7 heteroatoms. The van der Waals surface area contributed by atoms with Gasteiger partial charge in [-0.15, -0.1) is 0 Å². The average molecular weight is 389 g/mol. The summed E-state index contributed by atoms with van der Waals surface area (Å²) in [6, 6.07) is 8.63. The molecule has 5 rings (SSSR count). The average Bonchev–Trinajstić information content (AvgIpc) is 3.33. The minimum Gasteiger partial charge on any atom is -0.172 e. The van der Waals surface area contributed by atoms with E-state index in [-0.39, 0.29) is 0 Å². The monoisotopic (exact) mass is 388 g/mol. The van der Waals surface area contributed by atoms with Gasteiger partial charge in [0.1, 0.15) is 11.0 Å². The van der Waals surface area contributed by atoms with E-state index in [2.05, 4.69) is 54.6 Å². The number of benzene rings is 2. The molecule has 2 aliphatic rings. The van der Waals surface area contributed by atoms with Crippen LogP contribution in [-0.4, -0.2) is 8.75 Å². The molecular weight excluding hydrogens is 381 g/mol. The number of hydrogen-bond donors (Lipinski definition) is 0. The number of rotatable bonds is 0. The van der Waals surface area contributed by atoms with Crippen molar-refractivity contribution in [3.05, 3.63) is 56.3 Å². The molecule has 0 spiro atoms. The van der Waals surface area contributed by atoms with Gasteiger partial charge in [-0.2, -0.15) is 8.75 Å². The van der Waals surface area contributed by atoms with Gasteiger partial charge in [-0.1, -0.05) is 71.3 Å². The predicted octanol–water partition coefficient (Wildman–Crippen LogP) is 4.88. The van der Waals surface area contributed by atoms with Crippen molar-refractivity contribution in [3.8, 4) is 0 Å². The maximum Gasteiger partial charge on any atom is 0.115 e. The summed E-state index contributed by atoms with van der Waals surface area (Å²) < 4.78 is 11.9. The molecule has 23 heavy (non-hydrogen) atoms. The molecule has 0 saturated carbocycles. The Hall–Kier alpha value is -0.860. The van der Waals surface area contributed by atoms with Crippen molar-refractivity contribution in [3.63, 3.8) is 0 Å². The van der Waals surface area contributed by atoms with Crippen LogP contribution in [0.2, 0.25) is 0 Å². The summed E-state index contributed by atoms with van der Waals surface area (Å²) in [4.78, 5) is 0. The summed E-state index contributed by atoms with van der Waals surface area (Å²) in [7, 11) is 0. The van der Waals surface area contributed by atoms with E-state index >= 15 is 0 Å². The zero-order valence-electron chi connectivity index (χ0n) is 11.6. The lowest BCUT2D eigenvalue weighted by Gasteiger charge is -2.06. The largest absolute Gasteiger partial charge is 0.172 e. The number of hydrogen-bond acceptors (Lipinski definition) is 7. The number of thioether (sulfide) groups is 4. The van der Waals surface area contributed by atoms with Crippen molar-refractivity contribution in [1.29, 1.82) is 0 Å². The highest BCUT2D eigenvalue weighted by molar-refractivity contribution is 8.35. The van der Waals surface area contributed by atoms with Gasteiger partial charge in [0.15, 0.2) is 0 Å². The lowest BCUT2D eigenvalue weighted by Crippen LogP contribution is -2.16. The van der Waals surface area contributed by atoms with Crippen LogP contribution in [0.5, 0.6) is 0 Å². The van der Waals surface area contributed by atoms with Gasteiger partial charge in [0.2, 0.25) is 0 Å². The molecule has 1 aromatic heterocycles. The first-order valence-corrected chi connectivity index (χ1v) is 11.1.